The predicted molar refractivity (Wildman–Crippen MR) is 100 cm³/mol. The summed E-state index contributed by atoms with van der Waals surface area (Å²) in [5.41, 5.74) is -0.180. The lowest BCUT2D eigenvalue weighted by atomic mass is 10.1. The summed E-state index contributed by atoms with van der Waals surface area (Å²) in [6.45, 7) is 2.50. The van der Waals surface area contributed by atoms with Gasteiger partial charge in [0.2, 0.25) is 0 Å². The third kappa shape index (κ3) is 4.46. The number of para-hydroxylation sites is 1. The fourth-order valence-electron chi connectivity index (χ4n) is 2.55. The van der Waals surface area contributed by atoms with Gasteiger partial charge in [-0.15, -0.1) is 0 Å². The Morgan fingerprint density at radius 1 is 1.15 bits per heavy atom. The Kier molecular flexibility index (Phi) is 5.41. The van der Waals surface area contributed by atoms with Gasteiger partial charge in [0.05, 0.1) is 4.92 Å². The van der Waals surface area contributed by atoms with Crippen LogP contribution in [0.5, 0.6) is 0 Å². The van der Waals surface area contributed by atoms with Gasteiger partial charge in [0.1, 0.15) is 23.0 Å². The number of nitro groups is 1. The second-order valence-corrected chi connectivity index (χ2v) is 5.71. The minimum Gasteiger partial charge on any atom is -0.368 e. The molecular formula is C18H18N6O3. The molecule has 2 heterocycles. The molecule has 0 radical (unpaired) electrons. The van der Waals surface area contributed by atoms with Crippen LogP contribution in [0.25, 0.3) is 5.82 Å². The number of hydrogen-bond acceptors (Lipinski definition) is 6. The zero-order chi connectivity index (χ0) is 19.2. The topological polar surface area (TPSA) is 115 Å². The van der Waals surface area contributed by atoms with Crippen molar-refractivity contribution >= 4 is 17.4 Å². The van der Waals surface area contributed by atoms with Crippen LogP contribution >= 0.6 is 0 Å². The molecule has 1 aromatic carbocycles. The lowest BCUT2D eigenvalue weighted by molar-refractivity contribution is -0.385. The molecule has 0 fully saturated rings. The van der Waals surface area contributed by atoms with Gasteiger partial charge < -0.3 is 15.2 Å². The number of carbonyl (C=O) groups is 1. The number of nitrogens with zero attached hydrogens (tertiary/aromatic N) is 4. The summed E-state index contributed by atoms with van der Waals surface area (Å²) in [5.74, 6) is 1.49. The highest BCUT2D eigenvalue weighted by molar-refractivity contribution is 5.98. The molecule has 138 valence electrons. The minimum atomic E-state index is -0.570. The molecule has 2 N–H and O–H groups in total. The molecule has 0 bridgehead atoms. The van der Waals surface area contributed by atoms with Crippen molar-refractivity contribution in [1.29, 1.82) is 0 Å². The van der Waals surface area contributed by atoms with Gasteiger partial charge in [-0.3, -0.25) is 14.9 Å². The fraction of sp³-hybridized carbons (Fsp3) is 0.167. The van der Waals surface area contributed by atoms with E-state index in [-0.39, 0.29) is 17.8 Å². The number of aromatic nitrogens is 3. The second-order valence-electron chi connectivity index (χ2n) is 5.71. The van der Waals surface area contributed by atoms with Gasteiger partial charge in [0.25, 0.3) is 11.6 Å². The maximum Gasteiger partial charge on any atom is 0.282 e. The third-order valence-corrected chi connectivity index (χ3v) is 3.76. The summed E-state index contributed by atoms with van der Waals surface area (Å²) in [6, 6.07) is 11.5. The van der Waals surface area contributed by atoms with Crippen LogP contribution in [0.1, 0.15) is 16.2 Å². The van der Waals surface area contributed by atoms with Gasteiger partial charge in [-0.25, -0.2) is 9.97 Å². The second kappa shape index (κ2) is 8.09. The van der Waals surface area contributed by atoms with E-state index in [0.29, 0.717) is 18.2 Å². The van der Waals surface area contributed by atoms with E-state index in [1.165, 1.54) is 18.2 Å². The molecule has 0 saturated carbocycles. The van der Waals surface area contributed by atoms with Gasteiger partial charge in [-0.2, -0.15) is 0 Å². The van der Waals surface area contributed by atoms with Crippen molar-refractivity contribution in [3.8, 4) is 5.82 Å². The van der Waals surface area contributed by atoms with Crippen LogP contribution in [0.4, 0.5) is 11.5 Å². The zero-order valence-corrected chi connectivity index (χ0v) is 14.6. The average molecular weight is 366 g/mol. The Morgan fingerprint density at radius 3 is 2.63 bits per heavy atom. The summed E-state index contributed by atoms with van der Waals surface area (Å²) >= 11 is 0. The Bertz CT molecular complexity index is 955. The van der Waals surface area contributed by atoms with Crippen molar-refractivity contribution in [2.24, 2.45) is 0 Å². The summed E-state index contributed by atoms with van der Waals surface area (Å²) in [7, 11) is 0. The molecule has 0 saturated heterocycles. The largest absolute Gasteiger partial charge is 0.368 e. The summed E-state index contributed by atoms with van der Waals surface area (Å²) in [4.78, 5) is 31.3. The number of amides is 1. The molecule has 2 aromatic heterocycles. The Hall–Kier alpha value is -3.75. The van der Waals surface area contributed by atoms with E-state index < -0.39 is 10.8 Å². The molecule has 0 atom stereocenters. The van der Waals surface area contributed by atoms with Gasteiger partial charge >= 0.3 is 0 Å². The molecule has 3 rings (SSSR count). The molecule has 9 nitrogen and oxygen atoms in total. The number of rotatable bonds is 7. The first-order chi connectivity index (χ1) is 13.0. The van der Waals surface area contributed by atoms with Gasteiger partial charge in [0, 0.05) is 37.6 Å². The number of anilines is 1. The Morgan fingerprint density at radius 2 is 1.89 bits per heavy atom. The molecule has 27 heavy (non-hydrogen) atoms. The fourth-order valence-corrected chi connectivity index (χ4v) is 2.55. The highest BCUT2D eigenvalue weighted by atomic mass is 16.6. The van der Waals surface area contributed by atoms with Crippen molar-refractivity contribution in [1.82, 2.24) is 19.9 Å². The quantitative estimate of drug-likeness (QED) is 0.377. The SMILES string of the molecule is Cc1nc(NCCNC(=O)c2ccccc2[N+](=O)[O-])cc(-n2cccc2)n1. The molecule has 3 aromatic rings. The van der Waals surface area contributed by atoms with Crippen LogP contribution in [-0.2, 0) is 0 Å². The van der Waals surface area contributed by atoms with E-state index in [4.69, 9.17) is 0 Å². The summed E-state index contributed by atoms with van der Waals surface area (Å²) in [5, 5.41) is 16.8. The van der Waals surface area contributed by atoms with E-state index in [0.717, 1.165) is 5.82 Å². The molecule has 0 aliphatic carbocycles. The van der Waals surface area contributed by atoms with Gasteiger partial charge in [-0.05, 0) is 25.1 Å². The van der Waals surface area contributed by atoms with E-state index in [1.54, 1.807) is 19.1 Å². The Balaban J connectivity index is 1.58. The molecule has 0 spiro atoms. The van der Waals surface area contributed by atoms with E-state index in [1.807, 2.05) is 29.1 Å². The molecule has 0 aliphatic rings. The van der Waals surface area contributed by atoms with E-state index >= 15 is 0 Å². The molecule has 0 aliphatic heterocycles. The Labute approximate surface area is 155 Å². The molecule has 0 unspecified atom stereocenters. The third-order valence-electron chi connectivity index (χ3n) is 3.76. The molecule has 9 heteroatoms. The van der Waals surface area contributed by atoms with E-state index in [9.17, 15) is 14.9 Å². The summed E-state index contributed by atoms with van der Waals surface area (Å²) in [6.07, 6.45) is 3.77. The predicted octanol–water partition coefficient (Wildman–Crippen LogP) is 2.33. The maximum absolute atomic E-state index is 12.2. The number of benzene rings is 1. The standard InChI is InChI=1S/C18H18N6O3/c1-13-21-16(12-17(22-13)23-10-4-5-11-23)19-8-9-20-18(25)14-6-2-3-7-15(14)24(26)27/h2-7,10-12H,8-9H2,1H3,(H,20,25)(H,19,21,22). The van der Waals surface area contributed by atoms with Crippen LogP contribution in [0.15, 0.2) is 54.9 Å². The lowest BCUT2D eigenvalue weighted by Crippen LogP contribution is -2.29. The smallest absolute Gasteiger partial charge is 0.282 e. The molecule has 1 amide bonds. The normalized spacial score (nSPS) is 10.4. The first-order valence-electron chi connectivity index (χ1n) is 8.29. The van der Waals surface area contributed by atoms with E-state index in [2.05, 4.69) is 20.6 Å². The van der Waals surface area contributed by atoms with Gasteiger partial charge in [0.15, 0.2) is 0 Å². The van der Waals surface area contributed by atoms with Crippen LogP contribution in [-0.4, -0.2) is 38.5 Å². The van der Waals surface area contributed by atoms with Crippen molar-refractivity contribution in [3.05, 3.63) is 76.4 Å². The van der Waals surface area contributed by atoms with Crippen molar-refractivity contribution in [3.63, 3.8) is 0 Å². The van der Waals surface area contributed by atoms with Crippen molar-refractivity contribution in [2.45, 2.75) is 6.92 Å². The van der Waals surface area contributed by atoms with Crippen LogP contribution in [0.3, 0.4) is 0 Å². The van der Waals surface area contributed by atoms with Crippen LogP contribution in [0, 0.1) is 17.0 Å². The van der Waals surface area contributed by atoms with Crippen LogP contribution in [0.2, 0.25) is 0 Å². The van der Waals surface area contributed by atoms with Crippen molar-refractivity contribution in [2.75, 3.05) is 18.4 Å². The van der Waals surface area contributed by atoms with Crippen LogP contribution < -0.4 is 10.6 Å². The number of hydrogen-bond donors (Lipinski definition) is 2. The number of nitro benzene ring substituents is 1. The maximum atomic E-state index is 12.2. The highest BCUT2D eigenvalue weighted by Crippen LogP contribution is 2.17. The minimum absolute atomic E-state index is 0.0373. The number of nitrogens with one attached hydrogen (secondary N) is 2. The zero-order valence-electron chi connectivity index (χ0n) is 14.6. The molecular weight excluding hydrogens is 348 g/mol. The highest BCUT2D eigenvalue weighted by Gasteiger charge is 2.18. The average Bonchev–Trinajstić information content (AvgIpc) is 3.19. The summed E-state index contributed by atoms with van der Waals surface area (Å²) < 4.78 is 1.87. The van der Waals surface area contributed by atoms with Gasteiger partial charge in [-0.1, -0.05) is 12.1 Å². The first kappa shape index (κ1) is 18.1. The number of carbonyl (C=O) groups excluding carboxylic acids is 1. The van der Waals surface area contributed by atoms with Crippen molar-refractivity contribution < 1.29 is 9.72 Å². The lowest BCUT2D eigenvalue weighted by Gasteiger charge is -2.10. The number of aryl methyl sites for hydroxylation is 1. The first-order valence-corrected chi connectivity index (χ1v) is 8.29. The monoisotopic (exact) mass is 366 g/mol.